The highest BCUT2D eigenvalue weighted by Gasteiger charge is 2.31. The number of fused-ring (bicyclic) bond motifs is 2. The van der Waals surface area contributed by atoms with Crippen LogP contribution in [0.4, 0.5) is 0 Å². The molecule has 0 saturated carbocycles. The third-order valence-electron chi connectivity index (χ3n) is 8.41. The van der Waals surface area contributed by atoms with Crippen LogP contribution in [-0.2, 0) is 23.0 Å². The minimum atomic E-state index is -0.728. The van der Waals surface area contributed by atoms with E-state index in [1.165, 1.54) is 5.56 Å². The molecule has 0 fully saturated rings. The Labute approximate surface area is 251 Å². The molecular weight excluding hydrogens is 534 g/mol. The van der Waals surface area contributed by atoms with Gasteiger partial charge in [0.05, 0.1) is 29.4 Å². The zero-order valence-electron chi connectivity index (χ0n) is 25.5. The smallest absolute Gasteiger partial charge is 0.163 e. The molecule has 6 heteroatoms. The van der Waals surface area contributed by atoms with E-state index in [1.54, 1.807) is 6.92 Å². The minimum Gasteiger partial charge on any atom is -0.493 e. The van der Waals surface area contributed by atoms with Crippen molar-refractivity contribution in [1.82, 2.24) is 14.8 Å². The van der Waals surface area contributed by atoms with Gasteiger partial charge in [-0.15, -0.1) is 0 Å². The van der Waals surface area contributed by atoms with Crippen molar-refractivity contribution in [3.8, 4) is 28.0 Å². The first-order valence-electron chi connectivity index (χ1n) is 14.8. The molecule has 1 aliphatic rings. The lowest BCUT2D eigenvalue weighted by Gasteiger charge is -2.30. The number of aryl methyl sites for hydroxylation is 2. The van der Waals surface area contributed by atoms with E-state index in [9.17, 15) is 4.79 Å². The molecule has 1 aliphatic heterocycles. The number of benzene rings is 4. The molecule has 0 bridgehead atoms. The monoisotopic (exact) mass is 569 g/mol. The van der Waals surface area contributed by atoms with Crippen LogP contribution in [0.15, 0.2) is 73.1 Å². The maximum Gasteiger partial charge on any atom is 0.163 e. The van der Waals surface area contributed by atoms with Crippen molar-refractivity contribution >= 4 is 38.4 Å². The van der Waals surface area contributed by atoms with E-state index >= 15 is 0 Å². The molecular formula is C37H35N3O3. The predicted molar refractivity (Wildman–Crippen MR) is 173 cm³/mol. The molecule has 0 aliphatic carbocycles. The molecule has 0 N–H and O–H groups in total. The van der Waals surface area contributed by atoms with Crippen LogP contribution in [0.25, 0.3) is 54.8 Å². The first kappa shape index (κ1) is 27.3. The number of aromatic nitrogens is 3. The molecule has 4 aromatic carbocycles. The highest BCUT2D eigenvalue weighted by Crippen LogP contribution is 2.45. The Bertz CT molecular complexity index is 2070. The van der Waals surface area contributed by atoms with Gasteiger partial charge in [-0.3, -0.25) is 14.5 Å². The summed E-state index contributed by atoms with van der Waals surface area (Å²) >= 11 is 0. The van der Waals surface area contributed by atoms with Gasteiger partial charge < -0.3 is 9.47 Å². The number of hydrogen-bond donors (Lipinski definition) is 0. The maximum absolute atomic E-state index is 13.3. The van der Waals surface area contributed by atoms with Crippen molar-refractivity contribution in [3.05, 3.63) is 89.7 Å². The average Bonchev–Trinajstić information content (AvgIpc) is 3.35. The topological polar surface area (TPSA) is 66.2 Å². The normalized spacial score (nSPS) is 13.9. The molecule has 1 atom stereocenters. The van der Waals surface area contributed by atoms with E-state index in [-0.39, 0.29) is 5.78 Å². The SMILES string of the molecule is CC(=O)[C@@H](OC(C)(C)C)c1c(C)cc2cc(-c3ccc4c(cnn4C)c3)ccc2c1-c1ccc2c3c(ccnc13)CCO2. The summed E-state index contributed by atoms with van der Waals surface area (Å²) in [6.07, 6.45) is 3.90. The van der Waals surface area contributed by atoms with Gasteiger partial charge in [0.25, 0.3) is 0 Å². The predicted octanol–water partition coefficient (Wildman–Crippen LogP) is 8.30. The molecule has 2 aromatic heterocycles. The van der Waals surface area contributed by atoms with E-state index < -0.39 is 11.7 Å². The van der Waals surface area contributed by atoms with E-state index in [4.69, 9.17) is 14.5 Å². The van der Waals surface area contributed by atoms with Crippen LogP contribution in [0.3, 0.4) is 0 Å². The number of carbonyl (C=O) groups excluding carboxylic acids is 1. The summed E-state index contributed by atoms with van der Waals surface area (Å²) in [6, 6.07) is 21.4. The standard InChI is InChI=1S/C37H35N3O3/c1-21-17-26-18-24(25-8-11-30-27(19-25)20-39-40(30)6)7-9-28(26)34(32(21)36(22(2)41)43-37(3,4)5)29-10-12-31-33-23(14-16-42-31)13-15-38-35(29)33/h7-13,15,17-20,36H,14,16H2,1-6H3/t36-/m1/s1. The van der Waals surface area contributed by atoms with E-state index in [1.807, 2.05) is 51.0 Å². The van der Waals surface area contributed by atoms with Gasteiger partial charge in [-0.2, -0.15) is 5.10 Å². The first-order chi connectivity index (χ1) is 20.6. The highest BCUT2D eigenvalue weighted by atomic mass is 16.5. The summed E-state index contributed by atoms with van der Waals surface area (Å²) in [6.45, 7) is 10.3. The number of carbonyl (C=O) groups is 1. The van der Waals surface area contributed by atoms with Gasteiger partial charge in [0.15, 0.2) is 5.78 Å². The molecule has 0 spiro atoms. The van der Waals surface area contributed by atoms with Gasteiger partial charge in [0.2, 0.25) is 0 Å². The Kier molecular flexibility index (Phi) is 6.36. The molecule has 0 radical (unpaired) electrons. The number of ketones is 1. The van der Waals surface area contributed by atoms with Crippen molar-refractivity contribution in [1.29, 1.82) is 0 Å². The number of nitrogens with zero attached hydrogens (tertiary/aromatic N) is 3. The largest absolute Gasteiger partial charge is 0.493 e. The van der Waals surface area contributed by atoms with Crippen LogP contribution >= 0.6 is 0 Å². The van der Waals surface area contributed by atoms with E-state index in [0.717, 1.165) is 78.1 Å². The lowest BCUT2D eigenvalue weighted by Crippen LogP contribution is -2.27. The lowest BCUT2D eigenvalue weighted by atomic mass is 9.84. The molecule has 7 rings (SSSR count). The molecule has 0 amide bonds. The van der Waals surface area contributed by atoms with Crippen LogP contribution < -0.4 is 4.74 Å². The zero-order valence-corrected chi connectivity index (χ0v) is 25.5. The van der Waals surface area contributed by atoms with Crippen LogP contribution in [0.2, 0.25) is 0 Å². The van der Waals surface area contributed by atoms with Gasteiger partial charge in [-0.1, -0.05) is 24.3 Å². The molecule has 6 aromatic rings. The Balaban J connectivity index is 1.52. The second-order valence-electron chi connectivity index (χ2n) is 12.6. The van der Waals surface area contributed by atoms with Gasteiger partial charge in [0, 0.05) is 36.0 Å². The highest BCUT2D eigenvalue weighted by molar-refractivity contribution is 6.09. The Morgan fingerprint density at radius 3 is 2.53 bits per heavy atom. The van der Waals surface area contributed by atoms with Crippen molar-refractivity contribution in [2.24, 2.45) is 7.05 Å². The Hall–Kier alpha value is -4.55. The summed E-state index contributed by atoms with van der Waals surface area (Å²) < 4.78 is 14.4. The fourth-order valence-corrected chi connectivity index (χ4v) is 6.52. The average molecular weight is 570 g/mol. The number of pyridine rings is 1. The molecule has 43 heavy (non-hydrogen) atoms. The fraction of sp³-hybridized carbons (Fsp3) is 0.270. The van der Waals surface area contributed by atoms with E-state index in [2.05, 4.69) is 66.6 Å². The van der Waals surface area contributed by atoms with Crippen LogP contribution in [0.5, 0.6) is 5.75 Å². The molecule has 6 nitrogen and oxygen atoms in total. The lowest BCUT2D eigenvalue weighted by molar-refractivity contribution is -0.138. The Morgan fingerprint density at radius 1 is 1.00 bits per heavy atom. The summed E-state index contributed by atoms with van der Waals surface area (Å²) in [7, 11) is 1.96. The molecule has 0 unspecified atom stereocenters. The summed E-state index contributed by atoms with van der Waals surface area (Å²) in [5.74, 6) is 0.827. The van der Waals surface area contributed by atoms with Crippen molar-refractivity contribution in [2.75, 3.05) is 6.61 Å². The van der Waals surface area contributed by atoms with E-state index in [0.29, 0.717) is 6.61 Å². The van der Waals surface area contributed by atoms with Gasteiger partial charge >= 0.3 is 0 Å². The quantitative estimate of drug-likeness (QED) is 0.209. The molecule has 0 saturated heterocycles. The summed E-state index contributed by atoms with van der Waals surface area (Å²) in [5, 5.41) is 8.71. The van der Waals surface area contributed by atoms with Gasteiger partial charge in [-0.25, -0.2) is 0 Å². The van der Waals surface area contributed by atoms with Crippen molar-refractivity contribution < 1.29 is 14.3 Å². The molecule has 3 heterocycles. The first-order valence-corrected chi connectivity index (χ1v) is 14.8. The van der Waals surface area contributed by atoms with Crippen LogP contribution in [0, 0.1) is 6.92 Å². The third kappa shape index (κ3) is 4.66. The van der Waals surface area contributed by atoms with Gasteiger partial charge in [0.1, 0.15) is 11.9 Å². The number of ether oxygens (including phenoxy) is 2. The minimum absolute atomic E-state index is 0.0287. The maximum atomic E-state index is 13.3. The summed E-state index contributed by atoms with van der Waals surface area (Å²) in [4.78, 5) is 18.2. The number of hydrogen-bond acceptors (Lipinski definition) is 5. The van der Waals surface area contributed by atoms with Gasteiger partial charge in [-0.05, 0) is 115 Å². The second-order valence-corrected chi connectivity index (χ2v) is 12.6. The molecule has 216 valence electrons. The van der Waals surface area contributed by atoms with Crippen LogP contribution in [0.1, 0.15) is 50.5 Å². The zero-order chi connectivity index (χ0) is 30.0. The number of rotatable bonds is 5. The third-order valence-corrected chi connectivity index (χ3v) is 8.41. The second kappa shape index (κ2) is 10.0. The van der Waals surface area contributed by atoms with Crippen LogP contribution in [-0.4, -0.2) is 32.8 Å². The number of Topliss-reactive ketones (excluding diaryl/α,β-unsaturated/α-hetero) is 1. The summed E-state index contributed by atoms with van der Waals surface area (Å²) in [5.41, 5.74) is 8.79. The van der Waals surface area contributed by atoms with Crippen molar-refractivity contribution in [2.45, 2.75) is 52.7 Å². The fourth-order valence-electron chi connectivity index (χ4n) is 6.52. The Morgan fingerprint density at radius 2 is 1.77 bits per heavy atom. The van der Waals surface area contributed by atoms with Crippen molar-refractivity contribution in [3.63, 3.8) is 0 Å².